The molecule has 9 aromatic rings. The van der Waals surface area contributed by atoms with Gasteiger partial charge in [-0.1, -0.05) is 176 Å². The van der Waals surface area contributed by atoms with Gasteiger partial charge in [0.2, 0.25) is 0 Å². The first-order valence-electron chi connectivity index (χ1n) is 18.2. The van der Waals surface area contributed by atoms with E-state index in [2.05, 4.69) is 194 Å². The third-order valence-corrected chi connectivity index (χ3v) is 10.6. The lowest BCUT2D eigenvalue weighted by molar-refractivity contribution is 1.19. The fourth-order valence-corrected chi connectivity index (χ4v) is 8.03. The van der Waals surface area contributed by atoms with Gasteiger partial charge in [-0.2, -0.15) is 0 Å². The maximum Gasteiger partial charge on any atom is 0.0361 e. The lowest BCUT2D eigenvalue weighted by Gasteiger charge is -2.12. The lowest BCUT2D eigenvalue weighted by atomic mass is 9.91. The van der Waals surface area contributed by atoms with Crippen LogP contribution < -0.4 is 5.73 Å². The third kappa shape index (κ3) is 8.14. The minimum Gasteiger partial charge on any atom is -0.333 e. The summed E-state index contributed by atoms with van der Waals surface area (Å²) in [6, 6.07) is 70.9. The summed E-state index contributed by atoms with van der Waals surface area (Å²) in [6.45, 7) is 0. The van der Waals surface area contributed by atoms with Gasteiger partial charge in [0.25, 0.3) is 0 Å². The number of fused-ring (bicyclic) bond motifs is 3. The van der Waals surface area contributed by atoms with Gasteiger partial charge >= 0.3 is 0 Å². The summed E-state index contributed by atoms with van der Waals surface area (Å²) in [5, 5.41) is 10.3. The van der Waals surface area contributed by atoms with Crippen molar-refractivity contribution in [3.8, 4) is 44.5 Å². The van der Waals surface area contributed by atoms with Gasteiger partial charge in [0, 0.05) is 32.0 Å². The van der Waals surface area contributed by atoms with Gasteiger partial charge < -0.3 is 11.1 Å². The molecule has 3 heteroatoms. The van der Waals surface area contributed by atoms with Crippen LogP contribution in [0.1, 0.15) is 16.7 Å². The van der Waals surface area contributed by atoms with Crippen molar-refractivity contribution in [1.29, 1.82) is 5.41 Å². The highest BCUT2D eigenvalue weighted by atomic mass is 32.1. The molecule has 262 valence electrons. The molecular weight excluding hydrogens is 673 g/mol. The molecular formula is C51H42N2S. The zero-order chi connectivity index (χ0) is 37.1. The van der Waals surface area contributed by atoms with E-state index < -0.39 is 0 Å². The number of hydrogen-bond acceptors (Lipinski definition) is 3. The second-order valence-electron chi connectivity index (χ2n) is 12.9. The number of nitrogens with one attached hydrogen (secondary N) is 1. The van der Waals surface area contributed by atoms with Gasteiger partial charge in [-0.15, -0.1) is 11.3 Å². The first kappa shape index (κ1) is 36.0. The molecule has 0 aliphatic heterocycles. The molecule has 0 saturated carbocycles. The molecule has 2 nitrogen and oxygen atoms in total. The Morgan fingerprint density at radius 2 is 0.889 bits per heavy atom. The van der Waals surface area contributed by atoms with E-state index >= 15 is 0 Å². The Labute approximate surface area is 322 Å². The highest BCUT2D eigenvalue weighted by molar-refractivity contribution is 7.25. The van der Waals surface area contributed by atoms with Crippen molar-refractivity contribution in [1.82, 2.24) is 0 Å². The molecule has 9 rings (SSSR count). The van der Waals surface area contributed by atoms with Gasteiger partial charge in [-0.05, 0) is 93.4 Å². The third-order valence-electron chi connectivity index (χ3n) is 9.51. The van der Waals surface area contributed by atoms with Crippen molar-refractivity contribution in [3.63, 3.8) is 0 Å². The van der Waals surface area contributed by atoms with E-state index in [1.165, 1.54) is 89.1 Å². The average molecular weight is 715 g/mol. The van der Waals surface area contributed by atoms with E-state index in [0.717, 1.165) is 12.0 Å². The van der Waals surface area contributed by atoms with Crippen LogP contribution in [0.4, 0.5) is 0 Å². The van der Waals surface area contributed by atoms with Crippen molar-refractivity contribution in [2.24, 2.45) is 5.73 Å². The Bertz CT molecular complexity index is 2550. The van der Waals surface area contributed by atoms with Crippen molar-refractivity contribution in [2.75, 3.05) is 7.05 Å². The van der Waals surface area contributed by atoms with E-state index in [4.69, 9.17) is 5.41 Å². The fourth-order valence-electron chi connectivity index (χ4n) is 6.91. The number of benzene rings is 8. The average Bonchev–Trinajstić information content (AvgIpc) is 3.64. The van der Waals surface area contributed by atoms with Crippen molar-refractivity contribution >= 4 is 37.7 Å². The molecule has 0 saturated heterocycles. The Morgan fingerprint density at radius 1 is 0.426 bits per heavy atom. The van der Waals surface area contributed by atoms with Crippen LogP contribution in [0, 0.1) is 5.41 Å². The fraction of sp³-hybridized carbons (Fsp3) is 0.0392. The second-order valence-corrected chi connectivity index (χ2v) is 14.0. The summed E-state index contributed by atoms with van der Waals surface area (Å²) in [7, 11) is 1.50. The first-order valence-corrected chi connectivity index (χ1v) is 19.0. The SMILES string of the molecule is CN.N=Cc1cccc2sc3ccc(-c4ccccc4-c4cccc(-c5ccc(-c6ccccc6)cc5)c4)cc3c12.c1ccc(Cc2ccccc2)cc1. The van der Waals surface area contributed by atoms with Crippen LogP contribution in [0.15, 0.2) is 200 Å². The zero-order valence-corrected chi connectivity index (χ0v) is 31.1. The number of thiophene rings is 1. The molecule has 0 radical (unpaired) electrons. The highest BCUT2D eigenvalue weighted by Crippen LogP contribution is 2.40. The van der Waals surface area contributed by atoms with Gasteiger partial charge in [-0.3, -0.25) is 0 Å². The Hall–Kier alpha value is -6.39. The smallest absolute Gasteiger partial charge is 0.0361 e. The molecule has 0 fully saturated rings. The van der Waals surface area contributed by atoms with Crippen molar-refractivity contribution in [2.45, 2.75) is 6.42 Å². The summed E-state index contributed by atoms with van der Waals surface area (Å²) in [5.41, 5.74) is 17.9. The largest absolute Gasteiger partial charge is 0.333 e. The van der Waals surface area contributed by atoms with Gasteiger partial charge in [0.1, 0.15) is 0 Å². The molecule has 0 spiro atoms. The van der Waals surface area contributed by atoms with Crippen molar-refractivity contribution < 1.29 is 0 Å². The molecule has 0 unspecified atom stereocenters. The second kappa shape index (κ2) is 17.4. The molecule has 8 aromatic carbocycles. The molecule has 0 amide bonds. The van der Waals surface area contributed by atoms with Crippen LogP contribution in [0.2, 0.25) is 0 Å². The summed E-state index contributed by atoms with van der Waals surface area (Å²) in [4.78, 5) is 0. The van der Waals surface area contributed by atoms with Gasteiger partial charge in [0.15, 0.2) is 0 Å². The van der Waals surface area contributed by atoms with E-state index in [1.807, 2.05) is 12.1 Å². The predicted molar refractivity (Wildman–Crippen MR) is 235 cm³/mol. The van der Waals surface area contributed by atoms with E-state index in [0.29, 0.717) is 0 Å². The van der Waals surface area contributed by atoms with Crippen LogP contribution in [-0.2, 0) is 6.42 Å². The maximum absolute atomic E-state index is 7.93. The van der Waals surface area contributed by atoms with Gasteiger partial charge in [-0.25, -0.2) is 0 Å². The van der Waals surface area contributed by atoms with E-state index in [1.54, 1.807) is 11.3 Å². The van der Waals surface area contributed by atoms with Gasteiger partial charge in [0.05, 0.1) is 0 Å². The van der Waals surface area contributed by atoms with Crippen molar-refractivity contribution in [3.05, 3.63) is 217 Å². The molecule has 0 aliphatic rings. The minimum atomic E-state index is 0.968. The van der Waals surface area contributed by atoms with E-state index in [9.17, 15) is 0 Å². The number of nitrogens with two attached hydrogens (primary N) is 1. The van der Waals surface area contributed by atoms with Crippen LogP contribution in [-0.4, -0.2) is 13.3 Å². The molecule has 3 N–H and O–H groups in total. The monoisotopic (exact) mass is 714 g/mol. The van der Waals surface area contributed by atoms with E-state index in [-0.39, 0.29) is 0 Å². The minimum absolute atomic E-state index is 0.968. The van der Waals surface area contributed by atoms with Crippen LogP contribution >= 0.6 is 11.3 Å². The Balaban J connectivity index is 0.000000252. The molecule has 54 heavy (non-hydrogen) atoms. The number of rotatable bonds is 7. The summed E-state index contributed by atoms with van der Waals surface area (Å²) < 4.78 is 2.48. The Morgan fingerprint density at radius 3 is 1.50 bits per heavy atom. The first-order chi connectivity index (χ1) is 26.7. The summed E-state index contributed by atoms with van der Waals surface area (Å²) >= 11 is 1.79. The van der Waals surface area contributed by atoms with Crippen LogP contribution in [0.5, 0.6) is 0 Å². The lowest BCUT2D eigenvalue weighted by Crippen LogP contribution is -1.87. The quantitative estimate of drug-likeness (QED) is 0.159. The van der Waals surface area contributed by atoms with Crippen LogP contribution in [0.3, 0.4) is 0 Å². The molecule has 0 aliphatic carbocycles. The molecule has 1 aromatic heterocycles. The van der Waals surface area contributed by atoms with Crippen LogP contribution in [0.25, 0.3) is 64.7 Å². The molecule has 0 atom stereocenters. The molecule has 1 heterocycles. The summed E-state index contributed by atoms with van der Waals surface area (Å²) in [6.07, 6.45) is 2.49. The number of hydrogen-bond donors (Lipinski definition) is 2. The normalized spacial score (nSPS) is 10.6. The standard InChI is InChI=1S/C37H25NS.C13H12.CH5N/c38-24-31-12-7-15-36-37(31)34-23-30(20-21-35(34)39-36)33-14-5-4-13-32(33)29-11-6-10-28(22-29)27-18-16-26(17-19-27)25-8-2-1-3-9-25;1-3-7-12(8-4-1)11-13-9-5-2-6-10-13;1-2/h1-24,38H;1-10H,11H2;2H2,1H3. The Kier molecular flexibility index (Phi) is 11.6. The highest BCUT2D eigenvalue weighted by Gasteiger charge is 2.13. The zero-order valence-electron chi connectivity index (χ0n) is 30.3. The summed E-state index contributed by atoms with van der Waals surface area (Å²) in [5.74, 6) is 0. The molecule has 0 bridgehead atoms. The predicted octanol–water partition coefficient (Wildman–Crippen LogP) is 13.6. The maximum atomic E-state index is 7.93. The topological polar surface area (TPSA) is 49.9 Å².